The molecule has 0 bridgehead atoms. The van der Waals surface area contributed by atoms with Crippen LogP contribution in [0, 0.1) is 0 Å². The van der Waals surface area contributed by atoms with Crippen LogP contribution in [0.3, 0.4) is 0 Å². The molecule has 1 aromatic rings. The van der Waals surface area contributed by atoms with Gasteiger partial charge in [-0.25, -0.2) is 0 Å². The summed E-state index contributed by atoms with van der Waals surface area (Å²) in [4.78, 5) is 11.4. The lowest BCUT2D eigenvalue weighted by Gasteiger charge is -2.00. The number of hydrogen-bond acceptors (Lipinski definition) is 2. The van der Waals surface area contributed by atoms with E-state index in [9.17, 15) is 4.79 Å². The van der Waals surface area contributed by atoms with Gasteiger partial charge in [0.05, 0.1) is 6.61 Å². The van der Waals surface area contributed by atoms with E-state index >= 15 is 0 Å². The van der Waals surface area contributed by atoms with Gasteiger partial charge in [0.1, 0.15) is 0 Å². The molecule has 0 saturated carbocycles. The van der Waals surface area contributed by atoms with Gasteiger partial charge in [-0.3, -0.25) is 4.79 Å². The fourth-order valence-electron chi connectivity index (χ4n) is 0.877. The molecule has 1 aromatic carbocycles. The Morgan fingerprint density at radius 2 is 1.92 bits per heavy atom. The highest BCUT2D eigenvalue weighted by atomic mass is 35.5. The summed E-state index contributed by atoms with van der Waals surface area (Å²) in [5.74, 6) is -0.251. The van der Waals surface area contributed by atoms with Crippen LogP contribution in [-0.4, -0.2) is 17.5 Å². The van der Waals surface area contributed by atoms with Gasteiger partial charge in [-0.15, -0.1) is 0 Å². The van der Waals surface area contributed by atoms with E-state index in [4.69, 9.17) is 16.7 Å². The first-order valence-corrected chi connectivity index (χ1v) is 4.12. The number of halogens is 1. The van der Waals surface area contributed by atoms with Crippen molar-refractivity contribution >= 4 is 17.4 Å². The number of ketones is 1. The zero-order valence-electron chi connectivity index (χ0n) is 6.96. The molecule has 0 amide bonds. The van der Waals surface area contributed by atoms with Crippen LogP contribution in [0.4, 0.5) is 0 Å². The molecule has 0 radical (unpaired) electrons. The van der Waals surface area contributed by atoms with Crippen LogP contribution >= 0.6 is 11.6 Å². The molecule has 13 heavy (non-hydrogen) atoms. The van der Waals surface area contributed by atoms with Crippen LogP contribution in [0.5, 0.6) is 0 Å². The molecule has 0 atom stereocenters. The molecule has 1 N–H and O–H groups in total. The number of aliphatic hydroxyl groups excluding tert-OH is 1. The molecule has 3 heteroatoms. The van der Waals surface area contributed by atoms with Gasteiger partial charge in [-0.2, -0.15) is 0 Å². The largest absolute Gasteiger partial charge is 0.392 e. The van der Waals surface area contributed by atoms with Crippen LogP contribution in [-0.2, 0) is 0 Å². The monoisotopic (exact) mass is 196 g/mol. The first kappa shape index (κ1) is 9.96. The normalized spacial score (nSPS) is 9.69. The highest BCUT2D eigenvalue weighted by molar-refractivity contribution is 6.30. The van der Waals surface area contributed by atoms with E-state index in [0.717, 1.165) is 0 Å². The Labute approximate surface area is 81.5 Å². The fourth-order valence-corrected chi connectivity index (χ4v) is 1.00. The zero-order valence-corrected chi connectivity index (χ0v) is 7.71. The maximum Gasteiger partial charge on any atom is 0.190 e. The Morgan fingerprint density at radius 3 is 2.38 bits per heavy atom. The Bertz CT molecular complexity index is 327. The molecule has 0 spiro atoms. The minimum atomic E-state index is -0.318. The van der Waals surface area contributed by atoms with E-state index in [2.05, 4.69) is 6.58 Å². The lowest BCUT2D eigenvalue weighted by atomic mass is 10.1. The molecule has 0 aliphatic carbocycles. The molecule has 0 aromatic heterocycles. The van der Waals surface area contributed by atoms with Crippen molar-refractivity contribution in [3.05, 3.63) is 47.0 Å². The Balaban J connectivity index is 2.90. The minimum absolute atomic E-state index is 0.183. The first-order valence-electron chi connectivity index (χ1n) is 3.74. The minimum Gasteiger partial charge on any atom is -0.392 e. The highest BCUT2D eigenvalue weighted by Crippen LogP contribution is 2.12. The van der Waals surface area contributed by atoms with Crippen molar-refractivity contribution in [1.29, 1.82) is 0 Å². The van der Waals surface area contributed by atoms with E-state index in [1.165, 1.54) is 0 Å². The van der Waals surface area contributed by atoms with Gasteiger partial charge in [0.15, 0.2) is 5.78 Å². The van der Waals surface area contributed by atoms with Crippen LogP contribution < -0.4 is 0 Å². The van der Waals surface area contributed by atoms with Crippen LogP contribution in [0.2, 0.25) is 5.02 Å². The van der Waals surface area contributed by atoms with Gasteiger partial charge in [0.2, 0.25) is 0 Å². The molecular weight excluding hydrogens is 188 g/mol. The van der Waals surface area contributed by atoms with E-state index in [0.29, 0.717) is 10.6 Å². The second kappa shape index (κ2) is 4.21. The molecule has 0 aliphatic rings. The quantitative estimate of drug-likeness (QED) is 0.594. The third-order valence-electron chi connectivity index (χ3n) is 1.62. The molecule has 0 unspecified atom stereocenters. The third-order valence-corrected chi connectivity index (χ3v) is 1.87. The van der Waals surface area contributed by atoms with Crippen molar-refractivity contribution in [2.75, 3.05) is 6.61 Å². The van der Waals surface area contributed by atoms with E-state index in [1.54, 1.807) is 24.3 Å². The molecule has 0 fully saturated rings. The van der Waals surface area contributed by atoms with Crippen LogP contribution in [0.15, 0.2) is 36.4 Å². The maximum absolute atomic E-state index is 11.4. The Kier molecular flexibility index (Phi) is 3.23. The smallest absolute Gasteiger partial charge is 0.190 e. The van der Waals surface area contributed by atoms with Crippen molar-refractivity contribution in [2.24, 2.45) is 0 Å². The molecule has 2 nitrogen and oxygen atoms in total. The first-order chi connectivity index (χ1) is 6.15. The molecule has 0 aliphatic heterocycles. The van der Waals surface area contributed by atoms with Gasteiger partial charge >= 0.3 is 0 Å². The summed E-state index contributed by atoms with van der Waals surface area (Å²) in [6.45, 7) is 3.12. The van der Waals surface area contributed by atoms with E-state index in [1.807, 2.05) is 0 Å². The average molecular weight is 197 g/mol. The van der Waals surface area contributed by atoms with Gasteiger partial charge < -0.3 is 5.11 Å². The van der Waals surface area contributed by atoms with Gasteiger partial charge in [0, 0.05) is 16.2 Å². The number of hydrogen-bond donors (Lipinski definition) is 1. The average Bonchev–Trinajstić information content (AvgIpc) is 2.17. The van der Waals surface area contributed by atoms with Gasteiger partial charge in [-0.1, -0.05) is 18.2 Å². The van der Waals surface area contributed by atoms with Gasteiger partial charge in [-0.05, 0) is 24.3 Å². The third kappa shape index (κ3) is 2.41. The highest BCUT2D eigenvalue weighted by Gasteiger charge is 2.08. The number of rotatable bonds is 3. The van der Waals surface area contributed by atoms with Crippen LogP contribution in [0.25, 0.3) is 0 Å². The number of carbonyl (C=O) groups excluding carboxylic acids is 1. The lowest BCUT2D eigenvalue weighted by molar-refractivity contribution is 0.102. The van der Waals surface area contributed by atoms with E-state index in [-0.39, 0.29) is 18.0 Å². The summed E-state index contributed by atoms with van der Waals surface area (Å²) in [7, 11) is 0. The van der Waals surface area contributed by atoms with Crippen molar-refractivity contribution < 1.29 is 9.90 Å². The maximum atomic E-state index is 11.4. The topological polar surface area (TPSA) is 37.3 Å². The SMILES string of the molecule is C=C(CO)C(=O)c1ccc(Cl)cc1. The Morgan fingerprint density at radius 1 is 1.38 bits per heavy atom. The summed E-state index contributed by atoms with van der Waals surface area (Å²) in [5, 5.41) is 9.25. The summed E-state index contributed by atoms with van der Waals surface area (Å²) < 4.78 is 0. The van der Waals surface area contributed by atoms with Crippen molar-refractivity contribution in [2.45, 2.75) is 0 Å². The fraction of sp³-hybridized carbons (Fsp3) is 0.100. The number of benzene rings is 1. The van der Waals surface area contributed by atoms with E-state index < -0.39 is 0 Å². The predicted molar refractivity (Wildman–Crippen MR) is 52.0 cm³/mol. The number of carbonyl (C=O) groups is 1. The van der Waals surface area contributed by atoms with Gasteiger partial charge in [0.25, 0.3) is 0 Å². The van der Waals surface area contributed by atoms with Crippen LogP contribution in [0.1, 0.15) is 10.4 Å². The van der Waals surface area contributed by atoms with Crippen molar-refractivity contribution in [3.63, 3.8) is 0 Å². The summed E-state index contributed by atoms with van der Waals surface area (Å²) >= 11 is 5.65. The molecule has 0 saturated heterocycles. The van der Waals surface area contributed by atoms with Crippen molar-refractivity contribution in [3.8, 4) is 0 Å². The summed E-state index contributed by atoms with van der Waals surface area (Å²) in [6, 6.07) is 6.45. The predicted octanol–water partition coefficient (Wildman–Crippen LogP) is 2.07. The zero-order chi connectivity index (χ0) is 9.84. The molecule has 68 valence electrons. The van der Waals surface area contributed by atoms with Crippen molar-refractivity contribution in [1.82, 2.24) is 0 Å². The lowest BCUT2D eigenvalue weighted by Crippen LogP contribution is -2.05. The number of aliphatic hydroxyl groups is 1. The summed E-state index contributed by atoms with van der Waals surface area (Å²) in [6.07, 6.45) is 0. The Hall–Kier alpha value is -1.12. The molecule has 0 heterocycles. The second-order valence-electron chi connectivity index (χ2n) is 2.60. The summed E-state index contributed by atoms with van der Waals surface area (Å²) in [5.41, 5.74) is 0.672. The number of Topliss-reactive ketones (excluding diaryl/α,β-unsaturated/α-hetero) is 1. The molecular formula is C10H9ClO2. The standard InChI is InChI=1S/C10H9ClO2/c1-7(6-12)10(13)8-2-4-9(11)5-3-8/h2-5,12H,1,6H2. The second-order valence-corrected chi connectivity index (χ2v) is 3.03. The molecule has 1 rings (SSSR count).